The van der Waals surface area contributed by atoms with E-state index < -0.39 is 23.5 Å². The summed E-state index contributed by atoms with van der Waals surface area (Å²) >= 11 is 0. The number of nitrogens with two attached hydrogens (primary N) is 1. The zero-order valence-electron chi connectivity index (χ0n) is 11.6. The molecule has 116 valence electrons. The van der Waals surface area contributed by atoms with Crippen molar-refractivity contribution in [1.29, 1.82) is 0 Å². The summed E-state index contributed by atoms with van der Waals surface area (Å²) in [6.45, 7) is 1.61. The highest BCUT2D eigenvalue weighted by Crippen LogP contribution is 2.41. The molecule has 21 heavy (non-hydrogen) atoms. The van der Waals surface area contributed by atoms with Crippen LogP contribution in [0.2, 0.25) is 0 Å². The van der Waals surface area contributed by atoms with Crippen molar-refractivity contribution in [1.82, 2.24) is 0 Å². The van der Waals surface area contributed by atoms with Crippen LogP contribution >= 0.6 is 0 Å². The van der Waals surface area contributed by atoms with Crippen molar-refractivity contribution < 1.29 is 22.6 Å². The minimum absolute atomic E-state index is 0.116. The molecule has 1 aromatic rings. The van der Waals surface area contributed by atoms with Gasteiger partial charge in [-0.1, -0.05) is 0 Å². The molecule has 3 unspecified atom stereocenters. The lowest BCUT2D eigenvalue weighted by atomic mass is 9.79. The topological polar surface area (TPSA) is 44.5 Å². The van der Waals surface area contributed by atoms with Crippen LogP contribution in [0.3, 0.4) is 0 Å². The smallest absolute Gasteiger partial charge is 0.133 e. The molecule has 0 aromatic heterocycles. The summed E-state index contributed by atoms with van der Waals surface area (Å²) in [5, 5.41) is 0. The first-order chi connectivity index (χ1) is 10.0. The van der Waals surface area contributed by atoms with Crippen LogP contribution in [-0.2, 0) is 9.47 Å². The third-order valence-corrected chi connectivity index (χ3v) is 4.48. The molecule has 2 N–H and O–H groups in total. The zero-order valence-corrected chi connectivity index (χ0v) is 11.6. The second-order valence-electron chi connectivity index (χ2n) is 5.90. The summed E-state index contributed by atoms with van der Waals surface area (Å²) in [6.07, 6.45) is 1.99. The molecule has 2 aliphatic heterocycles. The Morgan fingerprint density at radius 2 is 1.90 bits per heavy atom. The Morgan fingerprint density at radius 1 is 1.19 bits per heavy atom. The van der Waals surface area contributed by atoms with Gasteiger partial charge < -0.3 is 15.2 Å². The molecular formula is C15H18F3NO2. The van der Waals surface area contributed by atoms with Crippen LogP contribution < -0.4 is 5.73 Å². The van der Waals surface area contributed by atoms with Gasteiger partial charge in [0.1, 0.15) is 17.5 Å². The molecule has 2 heterocycles. The molecule has 3 nitrogen and oxygen atoms in total. The SMILES string of the molecule is NC(c1c(F)cc(F)cc1F)C1CCOC2(CCOC2)C1. The molecule has 0 aliphatic carbocycles. The lowest BCUT2D eigenvalue weighted by molar-refractivity contribution is -0.102. The maximum Gasteiger partial charge on any atom is 0.133 e. The lowest BCUT2D eigenvalue weighted by Gasteiger charge is -2.39. The molecular weight excluding hydrogens is 283 g/mol. The van der Waals surface area contributed by atoms with Crippen LogP contribution in [0.15, 0.2) is 12.1 Å². The molecule has 0 radical (unpaired) electrons. The van der Waals surface area contributed by atoms with E-state index in [1.165, 1.54) is 0 Å². The Labute approximate surface area is 121 Å². The number of halogens is 3. The highest BCUT2D eigenvalue weighted by Gasteiger charge is 2.43. The van der Waals surface area contributed by atoms with Gasteiger partial charge in [-0.05, 0) is 18.8 Å². The maximum atomic E-state index is 13.9. The van der Waals surface area contributed by atoms with E-state index in [9.17, 15) is 13.2 Å². The summed E-state index contributed by atoms with van der Waals surface area (Å²) in [5.41, 5.74) is 5.45. The first-order valence-electron chi connectivity index (χ1n) is 7.12. The van der Waals surface area contributed by atoms with E-state index in [0.717, 1.165) is 6.42 Å². The predicted octanol–water partition coefficient (Wildman–Crippen LogP) is 2.69. The van der Waals surface area contributed by atoms with Crippen LogP contribution in [0.5, 0.6) is 0 Å². The van der Waals surface area contributed by atoms with Crippen molar-refractivity contribution in [3.05, 3.63) is 35.1 Å². The number of ether oxygens (including phenoxy) is 2. The van der Waals surface area contributed by atoms with Crippen molar-refractivity contribution >= 4 is 0 Å². The zero-order chi connectivity index (χ0) is 15.0. The predicted molar refractivity (Wildman–Crippen MR) is 70.1 cm³/mol. The maximum absolute atomic E-state index is 13.9. The molecule has 6 heteroatoms. The van der Waals surface area contributed by atoms with Crippen molar-refractivity contribution in [3.63, 3.8) is 0 Å². The van der Waals surface area contributed by atoms with Crippen LogP contribution in [0.4, 0.5) is 13.2 Å². The highest BCUT2D eigenvalue weighted by molar-refractivity contribution is 5.25. The molecule has 0 bridgehead atoms. The fourth-order valence-electron chi connectivity index (χ4n) is 3.34. The molecule has 0 amide bonds. The van der Waals surface area contributed by atoms with Gasteiger partial charge in [0.15, 0.2) is 0 Å². The Bertz CT molecular complexity index is 509. The number of hydrogen-bond donors (Lipinski definition) is 1. The van der Waals surface area contributed by atoms with Gasteiger partial charge in [0.25, 0.3) is 0 Å². The van der Waals surface area contributed by atoms with Crippen LogP contribution in [0.25, 0.3) is 0 Å². The second-order valence-corrected chi connectivity index (χ2v) is 5.90. The molecule has 1 aromatic carbocycles. The van der Waals surface area contributed by atoms with Gasteiger partial charge in [0.05, 0.1) is 12.2 Å². The monoisotopic (exact) mass is 301 g/mol. The van der Waals surface area contributed by atoms with E-state index >= 15 is 0 Å². The van der Waals surface area contributed by atoms with Crippen LogP contribution in [0.1, 0.15) is 30.9 Å². The highest BCUT2D eigenvalue weighted by atomic mass is 19.1. The fourth-order valence-corrected chi connectivity index (χ4v) is 3.34. The standard InChI is InChI=1S/C15H18F3NO2/c16-10-5-11(17)13(12(18)6-10)14(19)9-1-3-21-15(7-9)2-4-20-8-15/h5-6,9,14H,1-4,7-8,19H2. The molecule has 0 saturated carbocycles. The van der Waals surface area contributed by atoms with E-state index in [4.69, 9.17) is 15.2 Å². The molecule has 3 atom stereocenters. The number of rotatable bonds is 2. The Balaban J connectivity index is 1.83. The lowest BCUT2D eigenvalue weighted by Crippen LogP contribution is -2.43. The van der Waals surface area contributed by atoms with Crippen molar-refractivity contribution in [3.8, 4) is 0 Å². The van der Waals surface area contributed by atoms with Crippen molar-refractivity contribution in [2.24, 2.45) is 11.7 Å². The third kappa shape index (κ3) is 2.80. The van der Waals surface area contributed by atoms with E-state index in [2.05, 4.69) is 0 Å². The van der Waals surface area contributed by atoms with Gasteiger partial charge in [-0.2, -0.15) is 0 Å². The third-order valence-electron chi connectivity index (χ3n) is 4.48. The minimum atomic E-state index is -0.936. The minimum Gasteiger partial charge on any atom is -0.378 e. The fraction of sp³-hybridized carbons (Fsp3) is 0.600. The van der Waals surface area contributed by atoms with E-state index in [1.807, 2.05) is 0 Å². The van der Waals surface area contributed by atoms with Gasteiger partial charge in [-0.3, -0.25) is 0 Å². The number of benzene rings is 1. The van der Waals surface area contributed by atoms with E-state index in [-0.39, 0.29) is 17.1 Å². The molecule has 2 aliphatic rings. The first kappa shape index (κ1) is 14.8. The van der Waals surface area contributed by atoms with Crippen molar-refractivity contribution in [2.75, 3.05) is 19.8 Å². The average molecular weight is 301 g/mol. The quantitative estimate of drug-likeness (QED) is 0.913. The normalized spacial score (nSPS) is 30.8. The molecule has 3 rings (SSSR count). The van der Waals surface area contributed by atoms with E-state index in [0.29, 0.717) is 44.8 Å². The summed E-state index contributed by atoms with van der Waals surface area (Å²) in [5.74, 6) is -2.91. The number of hydrogen-bond acceptors (Lipinski definition) is 3. The Morgan fingerprint density at radius 3 is 2.52 bits per heavy atom. The Hall–Kier alpha value is -1.11. The van der Waals surface area contributed by atoms with Crippen LogP contribution in [0, 0.1) is 23.4 Å². The second kappa shape index (κ2) is 5.59. The van der Waals surface area contributed by atoms with Gasteiger partial charge >= 0.3 is 0 Å². The molecule has 2 saturated heterocycles. The summed E-state index contributed by atoms with van der Waals surface area (Å²) in [6, 6.07) is 0.532. The van der Waals surface area contributed by atoms with Crippen molar-refractivity contribution in [2.45, 2.75) is 30.9 Å². The summed E-state index contributed by atoms with van der Waals surface area (Å²) in [4.78, 5) is 0. The van der Waals surface area contributed by atoms with E-state index in [1.54, 1.807) is 0 Å². The Kier molecular flexibility index (Phi) is 3.94. The van der Waals surface area contributed by atoms with Gasteiger partial charge in [0.2, 0.25) is 0 Å². The first-order valence-corrected chi connectivity index (χ1v) is 7.12. The van der Waals surface area contributed by atoms with Gasteiger partial charge in [-0.25, -0.2) is 13.2 Å². The molecule has 2 fully saturated rings. The van der Waals surface area contributed by atoms with Gasteiger partial charge in [-0.15, -0.1) is 0 Å². The summed E-state index contributed by atoms with van der Waals surface area (Å²) in [7, 11) is 0. The largest absolute Gasteiger partial charge is 0.378 e. The molecule has 1 spiro atoms. The average Bonchev–Trinajstić information content (AvgIpc) is 2.85. The van der Waals surface area contributed by atoms with Gasteiger partial charge in [0, 0.05) is 43.4 Å². The van der Waals surface area contributed by atoms with Crippen LogP contribution in [-0.4, -0.2) is 25.4 Å². The summed E-state index contributed by atoms with van der Waals surface area (Å²) < 4.78 is 51.9.